The van der Waals surface area contributed by atoms with Crippen molar-refractivity contribution < 1.29 is 48.0 Å². The Kier molecular flexibility index (Phi) is 10.9. The molecule has 1 saturated carbocycles. The molecule has 3 heterocycles. The number of amides is 3. The number of esters is 1. The summed E-state index contributed by atoms with van der Waals surface area (Å²) in [6.07, 6.45) is 1.70. The van der Waals surface area contributed by atoms with Gasteiger partial charge in [0.05, 0.1) is 25.3 Å². The van der Waals surface area contributed by atoms with Crippen molar-refractivity contribution in [2.45, 2.75) is 109 Å². The topological polar surface area (TPSA) is 165 Å². The Labute approximate surface area is 304 Å². The quantitative estimate of drug-likeness (QED) is 0.280. The number of benzene rings is 1. The number of halogens is 1. The molecule has 10 unspecified atom stereocenters. The summed E-state index contributed by atoms with van der Waals surface area (Å²) < 4.78 is 29.1. The zero-order valence-corrected chi connectivity index (χ0v) is 31.5. The van der Waals surface area contributed by atoms with Crippen molar-refractivity contribution in [2.24, 2.45) is 17.3 Å². The van der Waals surface area contributed by atoms with Crippen LogP contribution in [0.15, 0.2) is 35.9 Å². The van der Waals surface area contributed by atoms with Crippen molar-refractivity contribution in [1.29, 1.82) is 0 Å². The van der Waals surface area contributed by atoms with Crippen LogP contribution in [0.2, 0.25) is 5.02 Å². The van der Waals surface area contributed by atoms with E-state index in [2.05, 4.69) is 10.6 Å². The van der Waals surface area contributed by atoms with E-state index in [-0.39, 0.29) is 29.7 Å². The first-order chi connectivity index (χ1) is 23.9. The number of anilines is 1. The second kappa shape index (κ2) is 14.4. The van der Waals surface area contributed by atoms with E-state index in [1.165, 1.54) is 19.1 Å². The number of allylic oxidation sites excluding steroid dienone is 3. The van der Waals surface area contributed by atoms with Crippen molar-refractivity contribution in [3.05, 3.63) is 46.5 Å². The fraction of sp³-hybridized carbons (Fsp3) is 0.622. The Balaban J connectivity index is 1.50. The molecule has 1 aromatic carbocycles. The number of aliphatic hydroxyl groups is 1. The normalized spacial score (nSPS) is 36.6. The van der Waals surface area contributed by atoms with Gasteiger partial charge in [0.25, 0.3) is 0 Å². The van der Waals surface area contributed by atoms with Gasteiger partial charge in [-0.05, 0) is 57.2 Å². The number of carbonyl (C=O) groups excluding carboxylic acids is 4. The smallest absolute Gasteiger partial charge is 0.409 e. The number of nitrogens with one attached hydrogen (secondary N) is 2. The minimum Gasteiger partial charge on any atom is -0.495 e. The van der Waals surface area contributed by atoms with Crippen LogP contribution in [-0.4, -0.2) is 96.9 Å². The molecule has 4 aliphatic rings. The number of nitrogens with zero attached hydrogens (tertiary/aromatic N) is 1. The lowest BCUT2D eigenvalue weighted by atomic mass is 9.83. The summed E-state index contributed by atoms with van der Waals surface area (Å²) >= 11 is 6.65. The Morgan fingerprint density at radius 2 is 1.84 bits per heavy atom. The number of alkyl carbamates (subject to hydrolysis) is 1. The van der Waals surface area contributed by atoms with Gasteiger partial charge in [0.1, 0.15) is 40.7 Å². The van der Waals surface area contributed by atoms with E-state index in [0.717, 1.165) is 17.6 Å². The lowest BCUT2D eigenvalue weighted by molar-refractivity contribution is -0.163. The number of methoxy groups -OCH3 is 2. The molecule has 10 atom stereocenters. The number of carbonyl (C=O) groups is 4. The summed E-state index contributed by atoms with van der Waals surface area (Å²) in [7, 11) is 4.48. The third kappa shape index (κ3) is 7.77. The number of hydrogen-bond donors (Lipinski definition) is 3. The van der Waals surface area contributed by atoms with Gasteiger partial charge in [-0.2, -0.15) is 0 Å². The molecule has 1 aliphatic carbocycles. The zero-order valence-electron chi connectivity index (χ0n) is 30.7. The van der Waals surface area contributed by atoms with Gasteiger partial charge in [-0.25, -0.2) is 9.59 Å². The molecule has 5 rings (SSSR count). The van der Waals surface area contributed by atoms with Crippen LogP contribution in [0.1, 0.15) is 66.4 Å². The van der Waals surface area contributed by atoms with Gasteiger partial charge in [-0.1, -0.05) is 56.2 Å². The fourth-order valence-electron chi connectivity index (χ4n) is 7.26. The van der Waals surface area contributed by atoms with Gasteiger partial charge >= 0.3 is 12.1 Å². The van der Waals surface area contributed by atoms with Crippen LogP contribution in [0.5, 0.6) is 5.75 Å². The van der Waals surface area contributed by atoms with Gasteiger partial charge in [-0.15, -0.1) is 0 Å². The molecular weight excluding hydrogens is 682 g/mol. The first-order valence-corrected chi connectivity index (χ1v) is 17.6. The van der Waals surface area contributed by atoms with E-state index in [9.17, 15) is 24.3 Å². The maximum Gasteiger partial charge on any atom is 0.409 e. The Morgan fingerprint density at radius 1 is 1.16 bits per heavy atom. The highest BCUT2D eigenvalue weighted by Crippen LogP contribution is 2.53. The predicted molar refractivity (Wildman–Crippen MR) is 188 cm³/mol. The lowest BCUT2D eigenvalue weighted by Crippen LogP contribution is -2.63. The van der Waals surface area contributed by atoms with Gasteiger partial charge in [0.15, 0.2) is 5.72 Å². The van der Waals surface area contributed by atoms with Crippen LogP contribution < -0.4 is 15.4 Å². The van der Waals surface area contributed by atoms with Gasteiger partial charge in [0, 0.05) is 31.9 Å². The average Bonchev–Trinajstić information content (AvgIpc) is 3.94. The monoisotopic (exact) mass is 731 g/mol. The number of epoxide rings is 1. The highest BCUT2D eigenvalue weighted by atomic mass is 35.5. The highest BCUT2D eigenvalue weighted by Gasteiger charge is 2.64. The van der Waals surface area contributed by atoms with Crippen molar-refractivity contribution in [3.8, 4) is 5.75 Å². The Hall–Kier alpha value is -3.65. The van der Waals surface area contributed by atoms with Crippen LogP contribution in [0.25, 0.3) is 0 Å². The van der Waals surface area contributed by atoms with E-state index in [1.54, 1.807) is 52.1 Å². The molecular formula is C37H50ClN3O10. The molecule has 3 fully saturated rings. The van der Waals surface area contributed by atoms with Crippen molar-refractivity contribution in [1.82, 2.24) is 10.2 Å². The third-order valence-corrected chi connectivity index (χ3v) is 11.6. The van der Waals surface area contributed by atoms with Gasteiger partial charge in [-0.3, -0.25) is 14.9 Å². The van der Waals surface area contributed by atoms with E-state index >= 15 is 0 Å². The predicted octanol–water partition coefficient (Wildman–Crippen LogP) is 4.54. The summed E-state index contributed by atoms with van der Waals surface area (Å²) in [5.74, 6) is -1.33. The molecule has 51 heavy (non-hydrogen) atoms. The number of ether oxygens (including phenoxy) is 5. The second-order valence-electron chi connectivity index (χ2n) is 15.0. The zero-order chi connectivity index (χ0) is 37.6. The highest BCUT2D eigenvalue weighted by molar-refractivity contribution is 6.35. The summed E-state index contributed by atoms with van der Waals surface area (Å²) in [4.78, 5) is 54.9. The number of rotatable bonds is 6. The Bertz CT molecular complexity index is 1630. The third-order valence-electron chi connectivity index (χ3n) is 11.2. The van der Waals surface area contributed by atoms with E-state index < -0.39 is 71.1 Å². The minimum absolute atomic E-state index is 0.0441. The van der Waals surface area contributed by atoms with Gasteiger partial charge in [0.2, 0.25) is 11.8 Å². The lowest BCUT2D eigenvalue weighted by Gasteiger charge is -2.42. The number of hydrogen-bond acceptors (Lipinski definition) is 10. The first kappa shape index (κ1) is 38.6. The Morgan fingerprint density at radius 3 is 2.47 bits per heavy atom. The molecule has 2 saturated heterocycles. The molecule has 14 heteroatoms. The second-order valence-corrected chi connectivity index (χ2v) is 15.3. The molecule has 280 valence electrons. The van der Waals surface area contributed by atoms with E-state index in [4.69, 9.17) is 35.3 Å². The minimum atomic E-state index is -1.82. The molecule has 3 N–H and O–H groups in total. The molecule has 13 nitrogen and oxygen atoms in total. The molecule has 3 aliphatic heterocycles. The fourth-order valence-corrected chi connectivity index (χ4v) is 7.49. The maximum atomic E-state index is 13.8. The SMILES string of the molecule is COc1cc2cc(c1Cl)NC(=O)CC(OC(=O)C(C)N(C)C(=O)C1(C)CC1C)C1(C)OC1C(C)C1CC(O)(NC(=O)O1)C(OC)C=C/C=C(\C)C2. The van der Waals surface area contributed by atoms with Crippen LogP contribution in [0.3, 0.4) is 0 Å². The molecule has 4 bridgehead atoms. The largest absolute Gasteiger partial charge is 0.495 e. The van der Waals surface area contributed by atoms with Crippen molar-refractivity contribution in [3.63, 3.8) is 0 Å². The summed E-state index contributed by atoms with van der Waals surface area (Å²) in [6, 6.07) is 2.57. The number of likely N-dealkylation sites (N-methyl/N-ethyl adjacent to an activating group) is 1. The van der Waals surface area contributed by atoms with Crippen LogP contribution in [0.4, 0.5) is 10.5 Å². The molecule has 1 aromatic rings. The summed E-state index contributed by atoms with van der Waals surface area (Å²) in [6.45, 7) is 10.9. The average molecular weight is 732 g/mol. The van der Waals surface area contributed by atoms with Gasteiger partial charge < -0.3 is 39.0 Å². The van der Waals surface area contributed by atoms with Crippen LogP contribution in [-0.2, 0) is 39.8 Å². The van der Waals surface area contributed by atoms with Crippen molar-refractivity contribution >= 4 is 41.2 Å². The molecule has 0 aromatic heterocycles. The maximum absolute atomic E-state index is 13.8. The number of fused-ring (bicyclic) bond motifs is 5. The summed E-state index contributed by atoms with van der Waals surface area (Å²) in [5.41, 5.74) is -1.52. The molecule has 3 amide bonds. The molecule has 0 radical (unpaired) electrons. The van der Waals surface area contributed by atoms with E-state index in [0.29, 0.717) is 17.9 Å². The van der Waals surface area contributed by atoms with Crippen molar-refractivity contribution in [2.75, 3.05) is 26.6 Å². The van der Waals surface area contributed by atoms with Crippen LogP contribution in [0, 0.1) is 17.3 Å². The molecule has 0 spiro atoms. The standard InChI is InChI=1S/C37H50ClN3O10/c1-19-11-10-12-27(48-9)37(46)18-26(49-34(45)40-37)21(3)31-36(6,51-31)28(50-32(43)22(4)41(7)33(44)35(5)17-20(35)2)16-29(42)39-24-14-23(13-19)15-25(47-8)30(24)38/h10-12,14-15,20-22,26-28,31,46H,13,16-18H2,1-9H3,(H,39,42)(H,40,45)/b12-10?,19-11+. The van der Waals surface area contributed by atoms with E-state index in [1.807, 2.05) is 26.8 Å². The summed E-state index contributed by atoms with van der Waals surface area (Å²) in [5, 5.41) is 17.3. The first-order valence-electron chi connectivity index (χ1n) is 17.3. The van der Waals surface area contributed by atoms with Crippen LogP contribution >= 0.6 is 11.6 Å².